The van der Waals surface area contributed by atoms with E-state index in [0.717, 1.165) is 38.5 Å². The second-order valence-electron chi connectivity index (χ2n) is 13.4. The van der Waals surface area contributed by atoms with Crippen LogP contribution in [0.2, 0.25) is 0 Å². The minimum atomic E-state index is -4.99. The smallest absolute Gasteiger partial charge is 0.391 e. The number of carbonyl (C=O) groups is 1. The molecule has 0 fully saturated rings. The van der Waals surface area contributed by atoms with Crippen LogP contribution in [0.3, 0.4) is 0 Å². The number of carbonyl (C=O) groups excluding carboxylic acids is 1. The maximum Gasteiger partial charge on any atom is 0.471 e. The lowest BCUT2D eigenvalue weighted by Crippen LogP contribution is -2.51. The van der Waals surface area contributed by atoms with Crippen molar-refractivity contribution in [3.63, 3.8) is 0 Å². The minimum Gasteiger partial charge on any atom is -0.391 e. The molecule has 0 spiro atoms. The molecule has 0 aromatic rings. The highest BCUT2D eigenvalue weighted by molar-refractivity contribution is 7.46. The number of phosphoric acid groups is 1. The summed E-state index contributed by atoms with van der Waals surface area (Å²) in [5.74, 6) is -0.354. The first kappa shape index (κ1) is 44.5. The molecule has 1 unspecified atom stereocenters. The Morgan fingerprint density at radius 1 is 0.556 bits per heavy atom. The molecule has 45 heavy (non-hydrogen) atoms. The molecule has 1 amide bonds. The van der Waals surface area contributed by atoms with E-state index in [1.54, 1.807) is 0 Å². The number of aliphatic hydroxyl groups excluding tert-OH is 2. The van der Waals surface area contributed by atoms with Crippen molar-refractivity contribution in [3.8, 4) is 0 Å². The van der Waals surface area contributed by atoms with Gasteiger partial charge in [0, 0.05) is 6.42 Å². The molecule has 3 atom stereocenters. The van der Waals surface area contributed by atoms with Gasteiger partial charge in [-0.15, -0.1) is 0 Å². The number of hydrogen-bond acceptors (Lipinski definition) is 5. The average molecular weight is 664 g/mol. The van der Waals surface area contributed by atoms with Gasteiger partial charge < -0.3 is 25.3 Å². The van der Waals surface area contributed by atoms with Gasteiger partial charge in [-0.05, 0) is 12.8 Å². The van der Waals surface area contributed by atoms with Crippen molar-refractivity contribution in [2.75, 3.05) is 0 Å². The van der Waals surface area contributed by atoms with E-state index >= 15 is 0 Å². The van der Waals surface area contributed by atoms with Gasteiger partial charge in [0.05, 0.1) is 6.10 Å². The largest absolute Gasteiger partial charge is 0.471 e. The maximum absolute atomic E-state index is 12.6. The molecule has 0 rings (SSSR count). The van der Waals surface area contributed by atoms with E-state index < -0.39 is 26.3 Å². The molecule has 0 saturated carbocycles. The van der Waals surface area contributed by atoms with Crippen molar-refractivity contribution in [2.24, 2.45) is 0 Å². The van der Waals surface area contributed by atoms with Crippen LogP contribution in [0, 0.1) is 0 Å². The molecule has 0 aromatic carbocycles. The third-order valence-corrected chi connectivity index (χ3v) is 9.40. The lowest BCUT2D eigenvalue weighted by atomic mass is 10.0. The molecule has 0 aliphatic carbocycles. The summed E-state index contributed by atoms with van der Waals surface area (Å²) in [6.07, 6.45) is 31.5. The van der Waals surface area contributed by atoms with E-state index in [2.05, 4.69) is 23.7 Å². The Labute approximate surface area is 277 Å². The molecular weight excluding hydrogens is 589 g/mol. The summed E-state index contributed by atoms with van der Waals surface area (Å²) in [6, 6.07) is -1.29. The van der Waals surface area contributed by atoms with Gasteiger partial charge in [-0.25, -0.2) is 4.57 Å². The number of phosphoric ester groups is 1. The van der Waals surface area contributed by atoms with E-state index in [-0.39, 0.29) is 12.3 Å². The standard InChI is InChI=1S/C36H74NO7P/c1-3-5-7-9-11-13-15-17-18-20-22-24-26-28-30-32-34(39)37-35(36(40)44-45(41,42)43)33(38)31-29-27-25-23-21-19-16-14-12-10-8-6-4-2/h33,35-36,38,40H,3-32H2,1-2H3,(H,37,39)(H2,41,42,43)/t33-,35+,36?/m1/s1. The van der Waals surface area contributed by atoms with Crippen molar-refractivity contribution in [1.82, 2.24) is 5.32 Å². The second-order valence-corrected chi connectivity index (χ2v) is 14.6. The van der Waals surface area contributed by atoms with Crippen molar-refractivity contribution >= 4 is 13.7 Å². The van der Waals surface area contributed by atoms with E-state index in [9.17, 15) is 19.6 Å². The first-order chi connectivity index (χ1) is 21.7. The maximum atomic E-state index is 12.6. The normalized spacial score (nSPS) is 14.0. The van der Waals surface area contributed by atoms with Gasteiger partial charge in [-0.3, -0.25) is 9.32 Å². The molecule has 0 saturated heterocycles. The van der Waals surface area contributed by atoms with Crippen LogP contribution in [0.15, 0.2) is 0 Å². The summed E-state index contributed by atoms with van der Waals surface area (Å²) in [4.78, 5) is 30.8. The predicted molar refractivity (Wildman–Crippen MR) is 187 cm³/mol. The van der Waals surface area contributed by atoms with Gasteiger partial charge in [-0.1, -0.05) is 187 Å². The zero-order valence-electron chi connectivity index (χ0n) is 29.4. The molecule has 0 aliphatic rings. The van der Waals surface area contributed by atoms with Crippen LogP contribution in [-0.4, -0.2) is 44.3 Å². The summed E-state index contributed by atoms with van der Waals surface area (Å²) in [6.45, 7) is 4.49. The van der Waals surface area contributed by atoms with Crippen molar-refractivity contribution in [1.29, 1.82) is 0 Å². The Bertz CT molecular complexity index is 690. The average Bonchev–Trinajstić information content (AvgIpc) is 2.99. The third kappa shape index (κ3) is 31.8. The Morgan fingerprint density at radius 3 is 1.20 bits per heavy atom. The molecule has 270 valence electrons. The quantitative estimate of drug-likeness (QED) is 0.0259. The number of rotatable bonds is 35. The number of amides is 1. The van der Waals surface area contributed by atoms with Gasteiger partial charge in [0.15, 0.2) is 6.29 Å². The SMILES string of the molecule is CCCCCCCCCCCCCCCCCC(=O)N[C@H](C(O)OP(=O)(O)O)[C@H](O)CCCCCCCCCCCCCCC. The molecule has 5 N–H and O–H groups in total. The van der Waals surface area contributed by atoms with Crippen LogP contribution in [-0.2, 0) is 13.9 Å². The van der Waals surface area contributed by atoms with Crippen molar-refractivity contribution in [2.45, 2.75) is 225 Å². The Kier molecular flexibility index (Phi) is 31.7. The van der Waals surface area contributed by atoms with Crippen molar-refractivity contribution in [3.05, 3.63) is 0 Å². The zero-order valence-corrected chi connectivity index (χ0v) is 30.3. The second kappa shape index (κ2) is 32.1. The number of aliphatic hydroxyl groups is 2. The predicted octanol–water partition coefficient (Wildman–Crippen LogP) is 10.0. The van der Waals surface area contributed by atoms with Crippen LogP contribution < -0.4 is 5.32 Å². The highest BCUT2D eigenvalue weighted by Crippen LogP contribution is 2.38. The molecule has 0 aromatic heterocycles. The third-order valence-electron chi connectivity index (χ3n) is 8.91. The number of unbranched alkanes of at least 4 members (excludes halogenated alkanes) is 26. The zero-order chi connectivity index (χ0) is 33.4. The molecule has 0 aliphatic heterocycles. The van der Waals surface area contributed by atoms with E-state index in [4.69, 9.17) is 9.79 Å². The van der Waals surface area contributed by atoms with Crippen LogP contribution in [0.1, 0.15) is 206 Å². The summed E-state index contributed by atoms with van der Waals surface area (Å²) in [5.41, 5.74) is 0. The lowest BCUT2D eigenvalue weighted by molar-refractivity contribution is -0.131. The molecular formula is C36H74NO7P. The fourth-order valence-corrected chi connectivity index (χ4v) is 6.44. The Morgan fingerprint density at radius 2 is 0.867 bits per heavy atom. The minimum absolute atomic E-state index is 0.239. The lowest BCUT2D eigenvalue weighted by Gasteiger charge is -2.28. The van der Waals surface area contributed by atoms with Gasteiger partial charge in [0.25, 0.3) is 0 Å². The highest BCUT2D eigenvalue weighted by Gasteiger charge is 2.33. The van der Waals surface area contributed by atoms with E-state index in [0.29, 0.717) is 19.3 Å². The molecule has 0 heterocycles. The molecule has 9 heteroatoms. The van der Waals surface area contributed by atoms with Crippen molar-refractivity contribution < 1.29 is 33.9 Å². The Hall–Kier alpha value is -0.500. The number of hydrogen-bond donors (Lipinski definition) is 5. The van der Waals surface area contributed by atoms with Crippen LogP contribution in [0.4, 0.5) is 0 Å². The fourth-order valence-electron chi connectivity index (χ4n) is 6.03. The number of nitrogens with one attached hydrogen (secondary N) is 1. The summed E-state index contributed by atoms with van der Waals surface area (Å²) >= 11 is 0. The van der Waals surface area contributed by atoms with Gasteiger partial charge in [0.1, 0.15) is 6.04 Å². The molecule has 0 bridgehead atoms. The van der Waals surface area contributed by atoms with E-state index in [1.165, 1.54) is 128 Å². The van der Waals surface area contributed by atoms with Gasteiger partial charge in [-0.2, -0.15) is 0 Å². The first-order valence-corrected chi connectivity index (χ1v) is 20.6. The van der Waals surface area contributed by atoms with Gasteiger partial charge in [0.2, 0.25) is 5.91 Å². The fraction of sp³-hybridized carbons (Fsp3) is 0.972. The van der Waals surface area contributed by atoms with Gasteiger partial charge >= 0.3 is 7.82 Å². The Balaban J connectivity index is 4.08. The first-order valence-electron chi connectivity index (χ1n) is 19.1. The topological polar surface area (TPSA) is 136 Å². The monoisotopic (exact) mass is 664 g/mol. The molecule has 0 radical (unpaired) electrons. The highest BCUT2D eigenvalue weighted by atomic mass is 31.2. The molecule has 8 nitrogen and oxygen atoms in total. The summed E-state index contributed by atoms with van der Waals surface area (Å²) in [7, 11) is -4.99. The van der Waals surface area contributed by atoms with Crippen LogP contribution >= 0.6 is 7.82 Å². The van der Waals surface area contributed by atoms with Crippen LogP contribution in [0.5, 0.6) is 0 Å². The summed E-state index contributed by atoms with van der Waals surface area (Å²) in [5, 5.41) is 23.6. The summed E-state index contributed by atoms with van der Waals surface area (Å²) < 4.78 is 15.7. The van der Waals surface area contributed by atoms with E-state index in [1.807, 2.05) is 0 Å². The van der Waals surface area contributed by atoms with Crippen LogP contribution in [0.25, 0.3) is 0 Å².